The third-order valence-corrected chi connectivity index (χ3v) is 3.96. The summed E-state index contributed by atoms with van der Waals surface area (Å²) in [5.74, 6) is 2.23. The molecule has 3 unspecified atom stereocenters. The minimum absolute atomic E-state index is 0.828. The lowest BCUT2D eigenvalue weighted by molar-refractivity contribution is -0.127. The first-order valence-electron chi connectivity index (χ1n) is 4.27. The molecule has 0 heteroatoms. The number of rotatable bonds is 1. The Balaban J connectivity index is 2.03. The van der Waals surface area contributed by atoms with Crippen LogP contribution in [0.3, 0.4) is 0 Å². The van der Waals surface area contributed by atoms with Crippen LogP contribution in [-0.4, -0.2) is 0 Å². The summed E-state index contributed by atoms with van der Waals surface area (Å²) in [6.45, 7) is 4.82. The summed E-state index contributed by atoms with van der Waals surface area (Å²) in [5, 5.41) is 0. The molecule has 0 saturated heterocycles. The second kappa shape index (κ2) is 1.53. The molecule has 0 heterocycles. The molecule has 0 aromatic carbocycles. The second-order valence-electron chi connectivity index (χ2n) is 4.08. The summed E-state index contributed by atoms with van der Waals surface area (Å²) in [5.41, 5.74) is 0.828. The van der Waals surface area contributed by atoms with Gasteiger partial charge in [0.2, 0.25) is 0 Å². The normalized spacial score (nSPS) is 55.3. The Morgan fingerprint density at radius 3 is 2.44 bits per heavy atom. The van der Waals surface area contributed by atoms with Crippen molar-refractivity contribution in [2.24, 2.45) is 17.3 Å². The summed E-state index contributed by atoms with van der Waals surface area (Å²) >= 11 is 0. The van der Waals surface area contributed by atoms with E-state index >= 15 is 0 Å². The molecule has 3 atom stereocenters. The van der Waals surface area contributed by atoms with Crippen LogP contribution in [0.1, 0.15) is 39.5 Å². The molecule has 0 radical (unpaired) electrons. The highest BCUT2D eigenvalue weighted by Crippen LogP contribution is 2.65. The van der Waals surface area contributed by atoms with E-state index in [0.717, 1.165) is 17.3 Å². The van der Waals surface area contributed by atoms with Gasteiger partial charge in [0.1, 0.15) is 0 Å². The first-order chi connectivity index (χ1) is 4.27. The van der Waals surface area contributed by atoms with Crippen LogP contribution in [0.2, 0.25) is 0 Å². The Bertz CT molecular complexity index is 128. The Hall–Kier alpha value is 0. The average molecular weight is 124 g/mol. The maximum atomic E-state index is 2.48. The fraction of sp³-hybridized carbons (Fsp3) is 1.00. The first-order valence-corrected chi connectivity index (χ1v) is 4.27. The molecule has 2 rings (SSSR count). The van der Waals surface area contributed by atoms with Crippen molar-refractivity contribution in [3.8, 4) is 0 Å². The Morgan fingerprint density at radius 1 is 1.56 bits per heavy atom. The lowest BCUT2D eigenvalue weighted by Gasteiger charge is -2.62. The summed E-state index contributed by atoms with van der Waals surface area (Å²) in [6.07, 6.45) is 6.03. The van der Waals surface area contributed by atoms with Crippen LogP contribution in [0.5, 0.6) is 0 Å². The van der Waals surface area contributed by atoms with Gasteiger partial charge in [0.15, 0.2) is 0 Å². The first kappa shape index (κ1) is 5.76. The molecule has 2 fully saturated rings. The molecule has 0 nitrogen and oxygen atoms in total. The Labute approximate surface area is 57.6 Å². The van der Waals surface area contributed by atoms with Crippen molar-refractivity contribution < 1.29 is 0 Å². The predicted octanol–water partition coefficient (Wildman–Crippen LogP) is 2.83. The van der Waals surface area contributed by atoms with Gasteiger partial charge in [0, 0.05) is 0 Å². The molecule has 2 saturated carbocycles. The molecule has 0 bridgehead atoms. The third-order valence-electron chi connectivity index (χ3n) is 3.96. The van der Waals surface area contributed by atoms with Crippen LogP contribution in [0, 0.1) is 17.3 Å². The van der Waals surface area contributed by atoms with E-state index in [1.54, 1.807) is 6.42 Å². The molecule has 0 aromatic heterocycles. The largest absolute Gasteiger partial charge is 0.0651 e. The van der Waals surface area contributed by atoms with E-state index < -0.39 is 0 Å². The fourth-order valence-corrected chi connectivity index (χ4v) is 2.81. The van der Waals surface area contributed by atoms with E-state index in [9.17, 15) is 0 Å². The summed E-state index contributed by atoms with van der Waals surface area (Å²) < 4.78 is 0. The topological polar surface area (TPSA) is 0 Å². The second-order valence-corrected chi connectivity index (χ2v) is 4.08. The van der Waals surface area contributed by atoms with Gasteiger partial charge in [-0.1, -0.05) is 20.3 Å². The smallest absolute Gasteiger partial charge is 0.0269 e. The van der Waals surface area contributed by atoms with Gasteiger partial charge in [-0.2, -0.15) is 0 Å². The zero-order chi connectivity index (χ0) is 6.48. The minimum atomic E-state index is 0.828. The standard InChI is InChI=1S/C9H16/c1-3-7-6-8-4-5-9(7,8)2/h7-8H,3-6H2,1-2H3. The molecular formula is C9H16. The van der Waals surface area contributed by atoms with Crippen LogP contribution in [0.4, 0.5) is 0 Å². The van der Waals surface area contributed by atoms with Crippen molar-refractivity contribution in [1.29, 1.82) is 0 Å². The molecule has 0 spiro atoms. The van der Waals surface area contributed by atoms with E-state index in [2.05, 4.69) is 13.8 Å². The van der Waals surface area contributed by atoms with Crippen LogP contribution in [0.25, 0.3) is 0 Å². The van der Waals surface area contributed by atoms with Crippen molar-refractivity contribution in [3.63, 3.8) is 0 Å². The van der Waals surface area contributed by atoms with Gasteiger partial charge in [-0.15, -0.1) is 0 Å². The van der Waals surface area contributed by atoms with E-state index in [-0.39, 0.29) is 0 Å². The van der Waals surface area contributed by atoms with Crippen molar-refractivity contribution in [2.45, 2.75) is 39.5 Å². The molecular weight excluding hydrogens is 108 g/mol. The maximum absolute atomic E-state index is 2.48. The monoisotopic (exact) mass is 124 g/mol. The number of fused-ring (bicyclic) bond motifs is 1. The molecule has 0 aromatic rings. The van der Waals surface area contributed by atoms with Crippen molar-refractivity contribution >= 4 is 0 Å². The Kier molecular flexibility index (Phi) is 0.980. The zero-order valence-electron chi connectivity index (χ0n) is 6.48. The van der Waals surface area contributed by atoms with Gasteiger partial charge in [-0.3, -0.25) is 0 Å². The van der Waals surface area contributed by atoms with Gasteiger partial charge in [0.05, 0.1) is 0 Å². The predicted molar refractivity (Wildman–Crippen MR) is 39.2 cm³/mol. The molecule has 2 aliphatic carbocycles. The van der Waals surface area contributed by atoms with E-state index in [0.29, 0.717) is 0 Å². The SMILES string of the molecule is CCC1CC2CCC12C. The van der Waals surface area contributed by atoms with Crippen LogP contribution >= 0.6 is 0 Å². The number of hydrogen-bond donors (Lipinski definition) is 0. The van der Waals surface area contributed by atoms with Crippen molar-refractivity contribution in [2.75, 3.05) is 0 Å². The highest BCUT2D eigenvalue weighted by Gasteiger charge is 2.55. The van der Waals surface area contributed by atoms with E-state index in [4.69, 9.17) is 0 Å². The van der Waals surface area contributed by atoms with E-state index in [1.807, 2.05) is 0 Å². The molecule has 0 amide bonds. The fourth-order valence-electron chi connectivity index (χ4n) is 2.81. The van der Waals surface area contributed by atoms with Crippen LogP contribution in [0.15, 0.2) is 0 Å². The molecule has 0 N–H and O–H groups in total. The van der Waals surface area contributed by atoms with E-state index in [1.165, 1.54) is 19.3 Å². The maximum Gasteiger partial charge on any atom is -0.0269 e. The Morgan fingerprint density at radius 2 is 2.33 bits per heavy atom. The third kappa shape index (κ3) is 0.500. The summed E-state index contributed by atoms with van der Waals surface area (Å²) in [7, 11) is 0. The lowest BCUT2D eigenvalue weighted by Crippen LogP contribution is -2.53. The van der Waals surface area contributed by atoms with Crippen LogP contribution in [-0.2, 0) is 0 Å². The molecule has 2 aliphatic rings. The van der Waals surface area contributed by atoms with Gasteiger partial charge >= 0.3 is 0 Å². The highest BCUT2D eigenvalue weighted by molar-refractivity contribution is 5.05. The quantitative estimate of drug-likeness (QED) is 0.504. The zero-order valence-corrected chi connectivity index (χ0v) is 6.48. The number of hydrogen-bond acceptors (Lipinski definition) is 0. The molecule has 52 valence electrons. The van der Waals surface area contributed by atoms with Gasteiger partial charge in [-0.05, 0) is 36.5 Å². The highest BCUT2D eigenvalue weighted by atomic mass is 14.6. The minimum Gasteiger partial charge on any atom is -0.0651 e. The van der Waals surface area contributed by atoms with Crippen molar-refractivity contribution in [3.05, 3.63) is 0 Å². The average Bonchev–Trinajstić information content (AvgIpc) is 1.88. The molecule has 9 heavy (non-hydrogen) atoms. The summed E-state index contributed by atoms with van der Waals surface area (Å²) in [4.78, 5) is 0. The van der Waals surface area contributed by atoms with Gasteiger partial charge in [-0.25, -0.2) is 0 Å². The lowest BCUT2D eigenvalue weighted by atomic mass is 9.42. The molecule has 0 aliphatic heterocycles. The van der Waals surface area contributed by atoms with Crippen LogP contribution < -0.4 is 0 Å². The summed E-state index contributed by atoms with van der Waals surface area (Å²) in [6, 6.07) is 0. The van der Waals surface area contributed by atoms with Crippen molar-refractivity contribution in [1.82, 2.24) is 0 Å². The van der Waals surface area contributed by atoms with Gasteiger partial charge in [0.25, 0.3) is 0 Å². The van der Waals surface area contributed by atoms with Gasteiger partial charge < -0.3 is 0 Å².